The fourth-order valence-corrected chi connectivity index (χ4v) is 12.9. The van der Waals surface area contributed by atoms with Crippen molar-refractivity contribution in [3.05, 3.63) is 243 Å². The van der Waals surface area contributed by atoms with Gasteiger partial charge in [0.05, 0.1) is 5.69 Å². The van der Waals surface area contributed by atoms with Crippen LogP contribution in [0.1, 0.15) is 0 Å². The predicted molar refractivity (Wildman–Crippen MR) is 237 cm³/mol. The number of fused-ring (bicyclic) bond motifs is 1. The fraction of sp³-hybridized carbons (Fsp3) is 0. The van der Waals surface area contributed by atoms with Crippen LogP contribution in [0, 0.1) is 0 Å². The zero-order valence-corrected chi connectivity index (χ0v) is 31.5. The third-order valence-corrected chi connectivity index (χ3v) is 15.3. The first kappa shape index (κ1) is 33.9. The van der Waals surface area contributed by atoms with Gasteiger partial charge in [-0.3, -0.25) is 0 Å². The van der Waals surface area contributed by atoms with Gasteiger partial charge in [0, 0.05) is 33.8 Å². The van der Waals surface area contributed by atoms with Gasteiger partial charge in [-0.15, -0.1) is 0 Å². The van der Waals surface area contributed by atoms with Crippen molar-refractivity contribution in [1.29, 1.82) is 0 Å². The van der Waals surface area contributed by atoms with Crippen LogP contribution in [0.5, 0.6) is 0 Å². The first-order chi connectivity index (χ1) is 27.3. The molecule has 0 aliphatic carbocycles. The number of nitrogens with zero attached hydrogens (tertiary/aromatic N) is 2. The van der Waals surface area contributed by atoms with Crippen molar-refractivity contribution < 1.29 is 0 Å². The summed E-state index contributed by atoms with van der Waals surface area (Å²) in [6, 6.07) is 88.3. The zero-order chi connectivity index (χ0) is 36.9. The molecule has 3 heteroatoms. The Morgan fingerprint density at radius 2 is 0.636 bits per heavy atom. The molecule has 0 aliphatic rings. The highest BCUT2D eigenvalue weighted by Gasteiger charge is 2.42. The standard InChI is InChI=1S/C52H40N2Si/c1-6-22-42(23-7-1)53(43-24-8-2-9-25-43)45-36-38-49(39-37-45)55(47-29-12-4-13-30-47,48-31-14-5-15-32-48)50-33-19-28-46(40-50)54(44-26-10-3-11-27-44)52-35-18-21-41-20-16-17-34-51(41)52/h1-40H. The zero-order valence-electron chi connectivity index (χ0n) is 30.5. The van der Waals surface area contributed by atoms with Gasteiger partial charge in [0.25, 0.3) is 0 Å². The Kier molecular flexibility index (Phi) is 9.35. The first-order valence-corrected chi connectivity index (χ1v) is 20.9. The molecule has 9 rings (SSSR count). The maximum atomic E-state index is 2.45. The molecule has 0 fully saturated rings. The van der Waals surface area contributed by atoms with E-state index < -0.39 is 8.07 Å². The summed E-state index contributed by atoms with van der Waals surface area (Å²) >= 11 is 0. The Bertz CT molecular complexity index is 2550. The highest BCUT2D eigenvalue weighted by molar-refractivity contribution is 7.19. The number of benzene rings is 9. The average Bonchev–Trinajstić information content (AvgIpc) is 3.27. The summed E-state index contributed by atoms with van der Waals surface area (Å²) in [6.45, 7) is 0. The molecule has 9 aromatic carbocycles. The second-order valence-electron chi connectivity index (χ2n) is 13.8. The van der Waals surface area contributed by atoms with Crippen molar-refractivity contribution in [2.75, 3.05) is 9.80 Å². The van der Waals surface area contributed by atoms with Crippen LogP contribution in [0.25, 0.3) is 10.8 Å². The Morgan fingerprint density at radius 3 is 1.20 bits per heavy atom. The van der Waals surface area contributed by atoms with Gasteiger partial charge in [-0.2, -0.15) is 0 Å². The molecule has 9 aromatic rings. The molecule has 0 atom stereocenters. The summed E-state index contributed by atoms with van der Waals surface area (Å²) in [7, 11) is -2.89. The number of para-hydroxylation sites is 3. The topological polar surface area (TPSA) is 6.48 Å². The molecule has 262 valence electrons. The van der Waals surface area contributed by atoms with Crippen LogP contribution in [0.15, 0.2) is 243 Å². The van der Waals surface area contributed by atoms with Crippen molar-refractivity contribution in [2.24, 2.45) is 0 Å². The Balaban J connectivity index is 1.27. The Labute approximate surface area is 324 Å². The van der Waals surface area contributed by atoms with Gasteiger partial charge in [0.1, 0.15) is 0 Å². The van der Waals surface area contributed by atoms with E-state index in [-0.39, 0.29) is 0 Å². The van der Waals surface area contributed by atoms with Gasteiger partial charge < -0.3 is 9.80 Å². The minimum absolute atomic E-state index is 1.12. The van der Waals surface area contributed by atoms with E-state index in [1.807, 2.05) is 0 Å². The third kappa shape index (κ3) is 6.41. The van der Waals surface area contributed by atoms with Crippen molar-refractivity contribution in [3.63, 3.8) is 0 Å². The molecule has 0 radical (unpaired) electrons. The van der Waals surface area contributed by atoms with Crippen molar-refractivity contribution in [1.82, 2.24) is 0 Å². The summed E-state index contributed by atoms with van der Waals surface area (Å²) < 4.78 is 0. The normalized spacial score (nSPS) is 11.3. The van der Waals surface area contributed by atoms with Gasteiger partial charge in [-0.05, 0) is 92.9 Å². The maximum absolute atomic E-state index is 2.89. The molecule has 55 heavy (non-hydrogen) atoms. The Morgan fingerprint density at radius 1 is 0.255 bits per heavy atom. The molecule has 0 N–H and O–H groups in total. The molecular weight excluding hydrogens is 681 g/mol. The molecule has 0 amide bonds. The average molecular weight is 721 g/mol. The molecule has 0 aliphatic heterocycles. The number of anilines is 6. The monoisotopic (exact) mass is 720 g/mol. The van der Waals surface area contributed by atoms with Gasteiger partial charge >= 0.3 is 0 Å². The molecule has 0 saturated heterocycles. The fourth-order valence-electron chi connectivity index (χ4n) is 8.12. The van der Waals surface area contributed by atoms with E-state index in [0.29, 0.717) is 0 Å². The summed E-state index contributed by atoms with van der Waals surface area (Å²) in [4.78, 5) is 4.75. The summed E-state index contributed by atoms with van der Waals surface area (Å²) in [6.07, 6.45) is 0. The smallest absolute Gasteiger partial charge is 0.179 e. The molecule has 0 unspecified atom stereocenters. The molecule has 2 nitrogen and oxygen atoms in total. The lowest BCUT2D eigenvalue weighted by Gasteiger charge is -2.36. The van der Waals surface area contributed by atoms with Gasteiger partial charge in [-0.25, -0.2) is 0 Å². The lowest BCUT2D eigenvalue weighted by atomic mass is 10.1. The highest BCUT2D eigenvalue weighted by Crippen LogP contribution is 2.39. The van der Waals surface area contributed by atoms with Crippen molar-refractivity contribution in [2.45, 2.75) is 0 Å². The van der Waals surface area contributed by atoms with E-state index in [1.165, 1.54) is 31.5 Å². The molecule has 0 bridgehead atoms. The number of hydrogen-bond acceptors (Lipinski definition) is 2. The van der Waals surface area contributed by atoms with Crippen LogP contribution >= 0.6 is 0 Å². The summed E-state index contributed by atoms with van der Waals surface area (Å²) in [5.74, 6) is 0. The van der Waals surface area contributed by atoms with Crippen LogP contribution in [0.2, 0.25) is 0 Å². The quantitative estimate of drug-likeness (QED) is 0.103. The van der Waals surface area contributed by atoms with Crippen molar-refractivity contribution in [3.8, 4) is 0 Å². The minimum Gasteiger partial charge on any atom is -0.311 e. The number of hydrogen-bond donors (Lipinski definition) is 0. The lowest BCUT2D eigenvalue weighted by Crippen LogP contribution is -2.74. The van der Waals surface area contributed by atoms with E-state index >= 15 is 0 Å². The van der Waals surface area contributed by atoms with Crippen LogP contribution in [-0.2, 0) is 0 Å². The van der Waals surface area contributed by atoms with Gasteiger partial charge in [-0.1, -0.05) is 176 Å². The Hall–Kier alpha value is -6.94. The highest BCUT2D eigenvalue weighted by atomic mass is 28.3. The van der Waals surface area contributed by atoms with Crippen LogP contribution in [0.3, 0.4) is 0 Å². The van der Waals surface area contributed by atoms with Gasteiger partial charge in [0.2, 0.25) is 0 Å². The number of rotatable bonds is 10. The van der Waals surface area contributed by atoms with Crippen LogP contribution in [-0.4, -0.2) is 8.07 Å². The van der Waals surface area contributed by atoms with Crippen LogP contribution < -0.4 is 30.5 Å². The van der Waals surface area contributed by atoms with E-state index in [2.05, 4.69) is 252 Å². The summed E-state index contributed by atoms with van der Waals surface area (Å²) in [5, 5.41) is 7.75. The van der Waals surface area contributed by atoms with E-state index in [9.17, 15) is 0 Å². The van der Waals surface area contributed by atoms with E-state index in [4.69, 9.17) is 0 Å². The van der Waals surface area contributed by atoms with E-state index in [0.717, 1.165) is 34.1 Å². The molecule has 0 heterocycles. The largest absolute Gasteiger partial charge is 0.311 e. The second kappa shape index (κ2) is 15.2. The molecular formula is C52H40N2Si. The molecule has 0 saturated carbocycles. The lowest BCUT2D eigenvalue weighted by molar-refractivity contribution is 1.28. The second-order valence-corrected chi connectivity index (χ2v) is 17.6. The first-order valence-electron chi connectivity index (χ1n) is 18.9. The summed E-state index contributed by atoms with van der Waals surface area (Å²) in [5.41, 5.74) is 6.76. The predicted octanol–water partition coefficient (Wildman–Crippen LogP) is 11.2. The minimum atomic E-state index is -2.89. The molecule has 0 aromatic heterocycles. The van der Waals surface area contributed by atoms with E-state index in [1.54, 1.807) is 0 Å². The van der Waals surface area contributed by atoms with Crippen LogP contribution in [0.4, 0.5) is 34.1 Å². The van der Waals surface area contributed by atoms with Crippen molar-refractivity contribution >= 4 is 73.7 Å². The van der Waals surface area contributed by atoms with Gasteiger partial charge in [0.15, 0.2) is 8.07 Å². The SMILES string of the molecule is c1ccc(N(c2ccccc2)c2ccc([Si](c3ccccc3)(c3ccccc3)c3cccc(N(c4ccccc4)c4cccc5ccccc45)c3)cc2)cc1. The molecule has 0 spiro atoms. The third-order valence-electron chi connectivity index (χ3n) is 10.6. The maximum Gasteiger partial charge on any atom is 0.179 e.